The molecule has 0 heterocycles. The van der Waals surface area contributed by atoms with Gasteiger partial charge in [-0.2, -0.15) is 0 Å². The summed E-state index contributed by atoms with van der Waals surface area (Å²) in [4.78, 5) is 36.4. The fourth-order valence-corrected chi connectivity index (χ4v) is 2.81. The van der Waals surface area contributed by atoms with Gasteiger partial charge in [0.1, 0.15) is 0 Å². The third-order valence-electron chi connectivity index (χ3n) is 4.03. The largest absolute Gasteiger partial charge is 0.339 e. The van der Waals surface area contributed by atoms with Crippen molar-refractivity contribution in [1.29, 1.82) is 0 Å². The number of carbonyl (C=O) groups is 2. The summed E-state index contributed by atoms with van der Waals surface area (Å²) < 4.78 is 0. The molecule has 0 radical (unpaired) electrons. The lowest BCUT2D eigenvalue weighted by Crippen LogP contribution is -2.30. The fraction of sp³-hybridized carbons (Fsp3) is 0.200. The van der Waals surface area contributed by atoms with Crippen LogP contribution >= 0.6 is 11.6 Å². The number of carbonyl (C=O) groups excluding carboxylic acids is 2. The Morgan fingerprint density at radius 1 is 1.18 bits per heavy atom. The van der Waals surface area contributed by atoms with E-state index in [4.69, 9.17) is 11.6 Å². The van der Waals surface area contributed by atoms with E-state index in [1.54, 1.807) is 29.2 Å². The maximum Gasteiger partial charge on any atom is 0.270 e. The Balaban J connectivity index is 2.08. The van der Waals surface area contributed by atoms with Gasteiger partial charge < -0.3 is 10.2 Å². The van der Waals surface area contributed by atoms with E-state index in [2.05, 4.69) is 5.32 Å². The molecule has 1 N–H and O–H groups in total. The Morgan fingerprint density at radius 3 is 2.50 bits per heavy atom. The van der Waals surface area contributed by atoms with E-state index in [0.29, 0.717) is 29.9 Å². The van der Waals surface area contributed by atoms with Crippen molar-refractivity contribution >= 4 is 40.9 Å². The number of nitro benzene ring substituents is 1. The van der Waals surface area contributed by atoms with E-state index >= 15 is 0 Å². The van der Waals surface area contributed by atoms with Crippen LogP contribution in [-0.2, 0) is 4.79 Å². The van der Waals surface area contributed by atoms with Gasteiger partial charge in [-0.05, 0) is 43.7 Å². The van der Waals surface area contributed by atoms with Crippen LogP contribution in [-0.4, -0.2) is 34.7 Å². The molecule has 0 saturated heterocycles. The van der Waals surface area contributed by atoms with Crippen LogP contribution in [0.1, 0.15) is 29.8 Å². The van der Waals surface area contributed by atoms with Gasteiger partial charge >= 0.3 is 0 Å². The van der Waals surface area contributed by atoms with Gasteiger partial charge in [-0.25, -0.2) is 0 Å². The first-order chi connectivity index (χ1) is 13.3. The summed E-state index contributed by atoms with van der Waals surface area (Å²) in [6.07, 6.45) is 2.74. The number of benzene rings is 2. The molecule has 0 aliphatic heterocycles. The van der Waals surface area contributed by atoms with Crippen LogP contribution in [0.2, 0.25) is 5.02 Å². The Kier molecular flexibility index (Phi) is 7.28. The molecule has 0 aromatic heterocycles. The van der Waals surface area contributed by atoms with Gasteiger partial charge in [-0.1, -0.05) is 23.7 Å². The van der Waals surface area contributed by atoms with Gasteiger partial charge in [0.15, 0.2) is 0 Å². The van der Waals surface area contributed by atoms with Crippen LogP contribution < -0.4 is 5.32 Å². The number of nitrogens with one attached hydrogen (secondary N) is 1. The highest BCUT2D eigenvalue weighted by Crippen LogP contribution is 2.22. The molecular weight excluding hydrogens is 382 g/mol. The van der Waals surface area contributed by atoms with E-state index < -0.39 is 10.8 Å². The monoisotopic (exact) mass is 401 g/mol. The minimum Gasteiger partial charge on any atom is -0.339 e. The van der Waals surface area contributed by atoms with Crippen molar-refractivity contribution in [1.82, 2.24) is 4.90 Å². The smallest absolute Gasteiger partial charge is 0.270 e. The maximum atomic E-state index is 12.4. The van der Waals surface area contributed by atoms with Crippen molar-refractivity contribution in [3.8, 4) is 0 Å². The van der Waals surface area contributed by atoms with Gasteiger partial charge in [0, 0.05) is 37.0 Å². The second kappa shape index (κ2) is 9.66. The van der Waals surface area contributed by atoms with Crippen LogP contribution in [0.5, 0.6) is 0 Å². The first kappa shape index (κ1) is 21.1. The van der Waals surface area contributed by atoms with Crippen LogP contribution in [0.15, 0.2) is 48.5 Å². The predicted octanol–water partition coefficient (Wildman–Crippen LogP) is 4.38. The van der Waals surface area contributed by atoms with Crippen molar-refractivity contribution in [2.24, 2.45) is 0 Å². The lowest BCUT2D eigenvalue weighted by atomic mass is 10.1. The third kappa shape index (κ3) is 5.40. The second-order valence-electron chi connectivity index (χ2n) is 5.85. The number of nitro groups is 1. The SMILES string of the molecule is CCN(CC)C(=O)c1ccc(NC(=O)/C=C/c2cccc([N+](=O)[O-])c2)cc1Cl. The summed E-state index contributed by atoms with van der Waals surface area (Å²) in [5.41, 5.74) is 1.29. The van der Waals surface area contributed by atoms with Crippen molar-refractivity contribution < 1.29 is 14.5 Å². The summed E-state index contributed by atoms with van der Waals surface area (Å²) in [5.74, 6) is -0.594. The first-order valence-corrected chi connectivity index (χ1v) is 9.05. The van der Waals surface area contributed by atoms with Gasteiger partial charge in [0.2, 0.25) is 5.91 Å². The predicted molar refractivity (Wildman–Crippen MR) is 109 cm³/mol. The Hall–Kier alpha value is -3.19. The lowest BCUT2D eigenvalue weighted by Gasteiger charge is -2.19. The molecule has 2 aromatic carbocycles. The number of halogens is 1. The van der Waals surface area contributed by atoms with Gasteiger partial charge in [0.05, 0.1) is 15.5 Å². The molecule has 0 atom stereocenters. The zero-order valence-electron chi connectivity index (χ0n) is 15.5. The van der Waals surface area contributed by atoms with E-state index in [9.17, 15) is 19.7 Å². The minimum absolute atomic E-state index is 0.0530. The normalized spacial score (nSPS) is 10.7. The van der Waals surface area contributed by atoms with Crippen molar-refractivity contribution in [2.75, 3.05) is 18.4 Å². The molecule has 28 heavy (non-hydrogen) atoms. The molecule has 0 spiro atoms. The van der Waals surface area contributed by atoms with Crippen molar-refractivity contribution in [3.63, 3.8) is 0 Å². The highest BCUT2D eigenvalue weighted by atomic mass is 35.5. The number of anilines is 1. The number of hydrogen-bond donors (Lipinski definition) is 1. The first-order valence-electron chi connectivity index (χ1n) is 8.68. The third-order valence-corrected chi connectivity index (χ3v) is 4.34. The van der Waals surface area contributed by atoms with Gasteiger partial charge in [0.25, 0.3) is 11.6 Å². The van der Waals surface area contributed by atoms with Crippen LogP contribution in [0, 0.1) is 10.1 Å². The molecule has 2 amide bonds. The molecule has 0 fully saturated rings. The zero-order chi connectivity index (χ0) is 20.7. The Labute approximate surface area is 167 Å². The van der Waals surface area contributed by atoms with Crippen molar-refractivity contribution in [3.05, 3.63) is 74.8 Å². The maximum absolute atomic E-state index is 12.4. The molecule has 146 valence electrons. The lowest BCUT2D eigenvalue weighted by molar-refractivity contribution is -0.384. The van der Waals surface area contributed by atoms with Gasteiger partial charge in [-0.15, -0.1) is 0 Å². The Morgan fingerprint density at radius 2 is 1.89 bits per heavy atom. The number of non-ortho nitro benzene ring substituents is 1. The number of amides is 2. The van der Waals surface area contributed by atoms with E-state index in [0.717, 1.165) is 0 Å². The minimum atomic E-state index is -0.500. The number of hydrogen-bond acceptors (Lipinski definition) is 4. The van der Waals surface area contributed by atoms with E-state index in [-0.39, 0.29) is 16.6 Å². The molecule has 0 aliphatic carbocycles. The molecule has 0 aliphatic rings. The Bertz CT molecular complexity index is 923. The summed E-state index contributed by atoms with van der Waals surface area (Å²) in [6, 6.07) is 10.6. The van der Waals surface area contributed by atoms with Crippen LogP contribution in [0.25, 0.3) is 6.08 Å². The fourth-order valence-electron chi connectivity index (χ4n) is 2.55. The molecule has 0 saturated carbocycles. The number of rotatable bonds is 7. The molecule has 2 rings (SSSR count). The summed E-state index contributed by atoms with van der Waals surface area (Å²) in [7, 11) is 0. The molecule has 0 bridgehead atoms. The summed E-state index contributed by atoms with van der Waals surface area (Å²) >= 11 is 6.21. The average Bonchev–Trinajstić information content (AvgIpc) is 2.67. The molecule has 8 heteroatoms. The van der Waals surface area contributed by atoms with Crippen molar-refractivity contribution in [2.45, 2.75) is 13.8 Å². The quantitative estimate of drug-likeness (QED) is 0.423. The van der Waals surface area contributed by atoms with Crippen LogP contribution in [0.3, 0.4) is 0 Å². The second-order valence-corrected chi connectivity index (χ2v) is 6.25. The summed E-state index contributed by atoms with van der Waals surface area (Å²) in [5, 5.41) is 13.7. The summed E-state index contributed by atoms with van der Waals surface area (Å²) in [6.45, 7) is 4.92. The highest BCUT2D eigenvalue weighted by molar-refractivity contribution is 6.34. The molecule has 2 aromatic rings. The molecular formula is C20H20ClN3O4. The number of nitrogens with zero attached hydrogens (tertiary/aromatic N) is 2. The average molecular weight is 402 g/mol. The zero-order valence-corrected chi connectivity index (χ0v) is 16.3. The topological polar surface area (TPSA) is 92.6 Å². The van der Waals surface area contributed by atoms with E-state index in [1.807, 2.05) is 13.8 Å². The molecule has 7 nitrogen and oxygen atoms in total. The van der Waals surface area contributed by atoms with E-state index in [1.165, 1.54) is 30.4 Å². The standard InChI is InChI=1S/C20H20ClN3O4/c1-3-23(4-2)20(26)17-10-9-15(13-18(17)21)22-19(25)11-8-14-6-5-7-16(12-14)24(27)28/h5-13H,3-4H2,1-2H3,(H,22,25)/b11-8+. The molecule has 0 unspecified atom stereocenters. The highest BCUT2D eigenvalue weighted by Gasteiger charge is 2.16. The van der Waals surface area contributed by atoms with Gasteiger partial charge in [-0.3, -0.25) is 19.7 Å². The van der Waals surface area contributed by atoms with Crippen LogP contribution in [0.4, 0.5) is 11.4 Å².